The Morgan fingerprint density at radius 3 is 3.00 bits per heavy atom. The summed E-state index contributed by atoms with van der Waals surface area (Å²) in [6, 6.07) is 10.3. The molecule has 21 heavy (non-hydrogen) atoms. The second kappa shape index (κ2) is 5.23. The predicted molar refractivity (Wildman–Crippen MR) is 83.4 cm³/mol. The first-order valence-corrected chi connectivity index (χ1v) is 7.96. The van der Waals surface area contributed by atoms with Gasteiger partial charge in [-0.25, -0.2) is 0 Å². The molecule has 1 aromatic heterocycles. The van der Waals surface area contributed by atoms with Crippen LogP contribution in [0.3, 0.4) is 0 Å². The van der Waals surface area contributed by atoms with Crippen molar-refractivity contribution in [2.24, 2.45) is 5.92 Å². The van der Waals surface area contributed by atoms with E-state index in [0.717, 1.165) is 22.9 Å². The van der Waals surface area contributed by atoms with E-state index < -0.39 is 0 Å². The Balaban J connectivity index is 1.58. The highest BCUT2D eigenvalue weighted by Crippen LogP contribution is 2.34. The van der Waals surface area contributed by atoms with Crippen molar-refractivity contribution in [2.75, 3.05) is 0 Å². The lowest BCUT2D eigenvalue weighted by molar-refractivity contribution is 0.0949. The molecule has 2 aromatic rings. The Kier molecular flexibility index (Phi) is 3.23. The van der Waals surface area contributed by atoms with Crippen LogP contribution in [0.1, 0.15) is 42.5 Å². The number of hydrogen-bond acceptors (Lipinski definition) is 3. The van der Waals surface area contributed by atoms with Crippen molar-refractivity contribution in [1.82, 2.24) is 10.3 Å². The molecule has 2 heterocycles. The Hall–Kier alpha value is -1.74. The van der Waals surface area contributed by atoms with Gasteiger partial charge in [0.2, 0.25) is 0 Å². The van der Waals surface area contributed by atoms with Crippen molar-refractivity contribution in [3.05, 3.63) is 42.1 Å². The zero-order chi connectivity index (χ0) is 14.2. The summed E-state index contributed by atoms with van der Waals surface area (Å²) in [6.07, 6.45) is 7.93. The fraction of sp³-hybridized carbons (Fsp3) is 0.444. The van der Waals surface area contributed by atoms with Crippen LogP contribution in [0.15, 0.2) is 36.5 Å². The van der Waals surface area contributed by atoms with Gasteiger partial charge in [0.1, 0.15) is 0 Å². The molecule has 3 unspecified atom stereocenters. The van der Waals surface area contributed by atoms with Crippen LogP contribution in [-0.4, -0.2) is 22.9 Å². The molecular weight excluding hydrogens is 260 g/mol. The van der Waals surface area contributed by atoms with Gasteiger partial charge in [-0.15, -0.1) is 0 Å². The largest absolute Gasteiger partial charge is 0.304 e. The first kappa shape index (κ1) is 13.0. The molecule has 3 heteroatoms. The zero-order valence-corrected chi connectivity index (χ0v) is 12.1. The molecule has 0 radical (unpaired) electrons. The maximum atomic E-state index is 12.8. The Bertz CT molecular complexity index is 668. The SMILES string of the molecule is O=C(c1ccc2ncccc2c1)C1CC2CCCCC2N1. The van der Waals surface area contributed by atoms with Gasteiger partial charge in [0.25, 0.3) is 0 Å². The topological polar surface area (TPSA) is 42.0 Å². The minimum Gasteiger partial charge on any atom is -0.304 e. The van der Waals surface area contributed by atoms with E-state index in [1.807, 2.05) is 30.3 Å². The van der Waals surface area contributed by atoms with Crippen molar-refractivity contribution in [3.8, 4) is 0 Å². The third-order valence-corrected chi connectivity index (χ3v) is 5.07. The standard InChI is InChI=1S/C18H20N2O/c21-18(17-11-13-4-1-2-6-16(13)20-17)14-7-8-15-12(10-14)5-3-9-19-15/h3,5,7-10,13,16-17,20H,1-2,4,6,11H2. The highest BCUT2D eigenvalue weighted by Gasteiger charge is 2.38. The lowest BCUT2D eigenvalue weighted by Crippen LogP contribution is -2.37. The lowest BCUT2D eigenvalue weighted by atomic mass is 9.84. The molecule has 108 valence electrons. The van der Waals surface area contributed by atoms with E-state index in [9.17, 15) is 4.79 Å². The molecule has 0 spiro atoms. The van der Waals surface area contributed by atoms with Gasteiger partial charge in [0, 0.05) is 23.2 Å². The lowest BCUT2D eigenvalue weighted by Gasteiger charge is -2.24. The fourth-order valence-electron chi connectivity index (χ4n) is 3.95. The molecule has 1 aliphatic heterocycles. The molecule has 2 fully saturated rings. The average molecular weight is 280 g/mol. The van der Waals surface area contributed by atoms with Crippen LogP contribution < -0.4 is 5.32 Å². The van der Waals surface area contributed by atoms with Crippen LogP contribution >= 0.6 is 0 Å². The number of hydrogen-bond donors (Lipinski definition) is 1. The van der Waals surface area contributed by atoms with Gasteiger partial charge in [-0.3, -0.25) is 9.78 Å². The molecule has 1 saturated heterocycles. The number of carbonyl (C=O) groups excluding carboxylic acids is 1. The summed E-state index contributed by atoms with van der Waals surface area (Å²) < 4.78 is 0. The number of nitrogens with one attached hydrogen (secondary N) is 1. The van der Waals surface area contributed by atoms with Crippen molar-refractivity contribution in [3.63, 3.8) is 0 Å². The van der Waals surface area contributed by atoms with Crippen molar-refractivity contribution in [2.45, 2.75) is 44.2 Å². The number of ketones is 1. The van der Waals surface area contributed by atoms with E-state index in [1.54, 1.807) is 6.20 Å². The van der Waals surface area contributed by atoms with Crippen LogP contribution in [-0.2, 0) is 0 Å². The van der Waals surface area contributed by atoms with Crippen molar-refractivity contribution < 1.29 is 4.79 Å². The summed E-state index contributed by atoms with van der Waals surface area (Å²) in [4.78, 5) is 17.1. The molecule has 1 saturated carbocycles. The second-order valence-electron chi connectivity index (χ2n) is 6.38. The predicted octanol–water partition coefficient (Wildman–Crippen LogP) is 3.34. The molecule has 0 amide bonds. The third-order valence-electron chi connectivity index (χ3n) is 5.07. The number of carbonyl (C=O) groups is 1. The van der Waals surface area contributed by atoms with Gasteiger partial charge in [0.05, 0.1) is 11.6 Å². The van der Waals surface area contributed by atoms with Gasteiger partial charge >= 0.3 is 0 Å². The fourth-order valence-corrected chi connectivity index (χ4v) is 3.95. The molecule has 3 atom stereocenters. The van der Waals surface area contributed by atoms with Gasteiger partial charge in [0.15, 0.2) is 5.78 Å². The Morgan fingerprint density at radius 2 is 2.10 bits per heavy atom. The van der Waals surface area contributed by atoms with Gasteiger partial charge in [-0.2, -0.15) is 0 Å². The summed E-state index contributed by atoms with van der Waals surface area (Å²) >= 11 is 0. The molecule has 3 nitrogen and oxygen atoms in total. The van der Waals surface area contributed by atoms with E-state index in [0.29, 0.717) is 12.0 Å². The van der Waals surface area contributed by atoms with E-state index in [4.69, 9.17) is 0 Å². The average Bonchev–Trinajstić information content (AvgIpc) is 2.97. The number of aromatic nitrogens is 1. The highest BCUT2D eigenvalue weighted by molar-refractivity contribution is 6.02. The number of rotatable bonds is 2. The van der Waals surface area contributed by atoms with Crippen LogP contribution in [0.4, 0.5) is 0 Å². The van der Waals surface area contributed by atoms with Crippen molar-refractivity contribution in [1.29, 1.82) is 0 Å². The summed E-state index contributed by atoms with van der Waals surface area (Å²) in [6.45, 7) is 0. The summed E-state index contributed by atoms with van der Waals surface area (Å²) in [5, 5.41) is 4.61. The monoisotopic (exact) mass is 280 g/mol. The van der Waals surface area contributed by atoms with E-state index in [-0.39, 0.29) is 11.8 Å². The normalized spacial score (nSPS) is 28.5. The van der Waals surface area contributed by atoms with E-state index in [2.05, 4.69) is 10.3 Å². The maximum absolute atomic E-state index is 12.8. The Morgan fingerprint density at radius 1 is 1.19 bits per heavy atom. The first-order chi connectivity index (χ1) is 10.3. The molecular formula is C18H20N2O. The van der Waals surface area contributed by atoms with Crippen LogP contribution in [0.2, 0.25) is 0 Å². The molecule has 0 bridgehead atoms. The van der Waals surface area contributed by atoms with Crippen LogP contribution in [0.5, 0.6) is 0 Å². The first-order valence-electron chi connectivity index (χ1n) is 7.96. The minimum absolute atomic E-state index is 0.00669. The van der Waals surface area contributed by atoms with Gasteiger partial charge in [-0.05, 0) is 49.4 Å². The molecule has 1 aliphatic carbocycles. The van der Waals surface area contributed by atoms with Gasteiger partial charge < -0.3 is 5.32 Å². The van der Waals surface area contributed by atoms with Crippen LogP contribution in [0.25, 0.3) is 10.9 Å². The van der Waals surface area contributed by atoms with E-state index >= 15 is 0 Å². The molecule has 1 N–H and O–H groups in total. The summed E-state index contributed by atoms with van der Waals surface area (Å²) in [5.74, 6) is 0.949. The Labute approximate surface area is 124 Å². The minimum atomic E-state index is 0.00669. The van der Waals surface area contributed by atoms with E-state index in [1.165, 1.54) is 25.7 Å². The molecule has 2 aliphatic rings. The number of fused-ring (bicyclic) bond motifs is 2. The van der Waals surface area contributed by atoms with Gasteiger partial charge in [-0.1, -0.05) is 18.9 Å². The molecule has 1 aromatic carbocycles. The summed E-state index contributed by atoms with van der Waals surface area (Å²) in [7, 11) is 0. The number of nitrogens with zero attached hydrogens (tertiary/aromatic N) is 1. The van der Waals surface area contributed by atoms with Crippen molar-refractivity contribution >= 4 is 16.7 Å². The maximum Gasteiger partial charge on any atom is 0.179 e. The third kappa shape index (κ3) is 2.36. The quantitative estimate of drug-likeness (QED) is 0.858. The smallest absolute Gasteiger partial charge is 0.179 e. The highest BCUT2D eigenvalue weighted by atomic mass is 16.1. The number of Topliss-reactive ketones (excluding diaryl/α,β-unsaturated/α-hetero) is 1. The van der Waals surface area contributed by atoms with Crippen LogP contribution in [0, 0.1) is 5.92 Å². The second-order valence-corrected chi connectivity index (χ2v) is 6.38. The summed E-state index contributed by atoms with van der Waals surface area (Å²) in [5.41, 5.74) is 1.76. The molecule has 4 rings (SSSR count). The zero-order valence-electron chi connectivity index (χ0n) is 12.1. The number of pyridine rings is 1. The number of benzene rings is 1.